The minimum Gasteiger partial charge on any atom is -0.444 e. The number of carbonyl (C=O) groups is 4. The maximum atomic E-state index is 13.2. The van der Waals surface area contributed by atoms with Crippen LogP contribution >= 0.6 is 0 Å². The van der Waals surface area contributed by atoms with Gasteiger partial charge in [-0.25, -0.2) is 14.4 Å². The molecular weight excluding hydrogens is 785 g/mol. The standard InChI is InChI=1S/C36H61F3N4O15/c1-16-13-19(42-32(51)58-35(8,9)10)26(24(47)25(16)54-28-23(46)21(22(45)20(15-44)53-28)43-29(48)36(37,38)39)55-27-18(41-31(50)57-34(5,6)7)12-11-17(52-27)14-40-30(49)56-33(2,3)4/h16-28,44-47H,11-15H2,1-10H3,(H,40,49)(H,41,50)(H,42,51)(H,43,48)/t16-,17?,18?,19+,20?,21+,22-,23?,24?,25+,26?,27-,28-/m1/s1. The predicted molar refractivity (Wildman–Crippen MR) is 194 cm³/mol. The number of halogens is 3. The second-order valence-corrected chi connectivity index (χ2v) is 17.7. The van der Waals surface area contributed by atoms with Crippen molar-refractivity contribution < 1.29 is 85.9 Å². The Labute approximate surface area is 335 Å². The van der Waals surface area contributed by atoms with E-state index in [1.165, 1.54) is 5.32 Å². The second-order valence-electron chi connectivity index (χ2n) is 17.7. The number of nitrogens with one attached hydrogen (secondary N) is 4. The molecular formula is C36H61F3N4O15. The van der Waals surface area contributed by atoms with Crippen LogP contribution in [-0.2, 0) is 38.0 Å². The topological polar surface area (TPSA) is 262 Å². The van der Waals surface area contributed by atoms with Gasteiger partial charge in [-0.1, -0.05) is 6.92 Å². The molecule has 4 amide bonds. The summed E-state index contributed by atoms with van der Waals surface area (Å²) >= 11 is 0. The molecule has 2 heterocycles. The predicted octanol–water partition coefficient (Wildman–Crippen LogP) is 1.46. The molecule has 13 atom stereocenters. The normalized spacial score (nSPS) is 33.6. The van der Waals surface area contributed by atoms with Gasteiger partial charge in [-0.05, 0) is 87.5 Å². The molecule has 19 nitrogen and oxygen atoms in total. The first-order valence-electron chi connectivity index (χ1n) is 19.1. The van der Waals surface area contributed by atoms with Crippen LogP contribution in [0.2, 0.25) is 0 Å². The van der Waals surface area contributed by atoms with Gasteiger partial charge in [0.15, 0.2) is 12.6 Å². The van der Waals surface area contributed by atoms with Crippen LogP contribution < -0.4 is 21.3 Å². The molecule has 8 N–H and O–H groups in total. The Morgan fingerprint density at radius 1 is 0.672 bits per heavy atom. The molecule has 58 heavy (non-hydrogen) atoms. The van der Waals surface area contributed by atoms with Gasteiger partial charge in [0.1, 0.15) is 47.3 Å². The highest BCUT2D eigenvalue weighted by molar-refractivity contribution is 5.82. The Hall–Kier alpha value is -3.25. The number of hydrogen-bond donors (Lipinski definition) is 8. The molecule has 0 aromatic rings. The zero-order chi connectivity index (χ0) is 44.1. The van der Waals surface area contributed by atoms with Crippen LogP contribution in [0.1, 0.15) is 88.5 Å². The van der Waals surface area contributed by atoms with Gasteiger partial charge in [0, 0.05) is 6.54 Å². The number of ether oxygens (including phenoxy) is 7. The highest BCUT2D eigenvalue weighted by Gasteiger charge is 2.53. The molecule has 2 aliphatic heterocycles. The number of aliphatic hydroxyl groups excluding tert-OH is 4. The molecule has 0 radical (unpaired) electrons. The van der Waals surface area contributed by atoms with E-state index in [0.29, 0.717) is 6.42 Å². The van der Waals surface area contributed by atoms with Crippen LogP contribution in [0.5, 0.6) is 0 Å². The Morgan fingerprint density at radius 2 is 1.19 bits per heavy atom. The number of alkyl carbamates (subject to hydrolysis) is 3. The largest absolute Gasteiger partial charge is 0.471 e. The maximum absolute atomic E-state index is 13.2. The van der Waals surface area contributed by atoms with Gasteiger partial charge in [0.25, 0.3) is 0 Å². The minimum atomic E-state index is -5.39. The van der Waals surface area contributed by atoms with Gasteiger partial charge < -0.3 is 74.9 Å². The van der Waals surface area contributed by atoms with Crippen molar-refractivity contribution >= 4 is 24.2 Å². The first kappa shape index (κ1) is 49.1. The number of aliphatic hydroxyl groups is 4. The molecule has 3 fully saturated rings. The molecule has 0 aromatic heterocycles. The maximum Gasteiger partial charge on any atom is 0.471 e. The zero-order valence-electron chi connectivity index (χ0n) is 34.5. The van der Waals surface area contributed by atoms with Gasteiger partial charge in [0.05, 0.1) is 36.9 Å². The first-order chi connectivity index (χ1) is 26.5. The third-order valence-electron chi connectivity index (χ3n) is 9.01. The van der Waals surface area contributed by atoms with Gasteiger partial charge in [-0.2, -0.15) is 13.2 Å². The van der Waals surface area contributed by atoms with Crippen molar-refractivity contribution in [1.82, 2.24) is 21.3 Å². The molecule has 6 unspecified atom stereocenters. The fraction of sp³-hybridized carbons (Fsp3) is 0.889. The quantitative estimate of drug-likeness (QED) is 0.145. The number of alkyl halides is 3. The SMILES string of the molecule is C[C@@H]1C[C@H](NC(=O)OC(C)(C)C)C(O[C@H]2OC(CNC(=O)OC(C)(C)C)CCC2NC(=O)OC(C)(C)C)C(O)[C@H]1O[C@H]1OC(CO)[C@@H](O)[C@H](NC(=O)C(F)(F)F)C1O. The fourth-order valence-electron chi connectivity index (χ4n) is 6.58. The summed E-state index contributed by atoms with van der Waals surface area (Å²) in [4.78, 5) is 50.3. The number of carbonyl (C=O) groups excluding carboxylic acids is 4. The van der Waals surface area contributed by atoms with E-state index in [1.54, 1.807) is 69.2 Å². The van der Waals surface area contributed by atoms with Gasteiger partial charge >= 0.3 is 30.4 Å². The van der Waals surface area contributed by atoms with Crippen molar-refractivity contribution in [3.05, 3.63) is 0 Å². The third kappa shape index (κ3) is 14.8. The highest BCUT2D eigenvalue weighted by Crippen LogP contribution is 2.35. The average molecular weight is 847 g/mol. The Kier molecular flexibility index (Phi) is 16.4. The van der Waals surface area contributed by atoms with Crippen LogP contribution in [0.15, 0.2) is 0 Å². The van der Waals surface area contributed by atoms with E-state index in [2.05, 4.69) is 16.0 Å². The molecule has 22 heteroatoms. The van der Waals surface area contributed by atoms with Crippen LogP contribution in [0.4, 0.5) is 27.6 Å². The van der Waals surface area contributed by atoms with Crippen LogP contribution in [0.3, 0.4) is 0 Å². The molecule has 0 spiro atoms. The number of amides is 4. The summed E-state index contributed by atoms with van der Waals surface area (Å²) in [6, 6.07) is -4.00. The molecule has 0 aromatic carbocycles. The van der Waals surface area contributed by atoms with E-state index in [1.807, 2.05) is 0 Å². The molecule has 3 rings (SSSR count). The lowest BCUT2D eigenvalue weighted by molar-refractivity contribution is -0.320. The second kappa shape index (κ2) is 19.4. The average Bonchev–Trinajstić information content (AvgIpc) is 3.04. The molecule has 2 saturated heterocycles. The lowest BCUT2D eigenvalue weighted by Crippen LogP contribution is -2.68. The molecule has 336 valence electrons. The van der Waals surface area contributed by atoms with Crippen molar-refractivity contribution in [3.8, 4) is 0 Å². The van der Waals surface area contributed by atoms with Crippen LogP contribution in [-0.4, -0.2) is 154 Å². The lowest BCUT2D eigenvalue weighted by Gasteiger charge is -2.49. The summed E-state index contributed by atoms with van der Waals surface area (Å²) in [5, 5.41) is 53.0. The number of hydrogen-bond acceptors (Lipinski definition) is 15. The minimum absolute atomic E-state index is 0.0186. The van der Waals surface area contributed by atoms with Gasteiger partial charge in [0.2, 0.25) is 0 Å². The fourth-order valence-corrected chi connectivity index (χ4v) is 6.58. The summed E-state index contributed by atoms with van der Waals surface area (Å²) in [6.45, 7) is 15.5. The van der Waals surface area contributed by atoms with E-state index in [0.717, 1.165) is 0 Å². The van der Waals surface area contributed by atoms with E-state index in [4.69, 9.17) is 33.2 Å². The Balaban J connectivity index is 1.96. The summed E-state index contributed by atoms with van der Waals surface area (Å²) in [5.41, 5.74) is -2.61. The highest BCUT2D eigenvalue weighted by atomic mass is 19.4. The van der Waals surface area contributed by atoms with Crippen molar-refractivity contribution in [2.24, 2.45) is 5.92 Å². The summed E-state index contributed by atoms with van der Waals surface area (Å²) in [6.07, 6.45) is -21.7. The summed E-state index contributed by atoms with van der Waals surface area (Å²) in [5.74, 6) is -3.22. The van der Waals surface area contributed by atoms with Crippen molar-refractivity contribution in [3.63, 3.8) is 0 Å². The van der Waals surface area contributed by atoms with Crippen molar-refractivity contribution in [1.29, 1.82) is 0 Å². The Morgan fingerprint density at radius 3 is 1.71 bits per heavy atom. The van der Waals surface area contributed by atoms with E-state index in [-0.39, 0.29) is 19.4 Å². The number of rotatable bonds is 10. The molecule has 0 bridgehead atoms. The van der Waals surface area contributed by atoms with Crippen molar-refractivity contribution in [2.75, 3.05) is 13.2 Å². The summed E-state index contributed by atoms with van der Waals surface area (Å²) in [7, 11) is 0. The van der Waals surface area contributed by atoms with Crippen LogP contribution in [0, 0.1) is 5.92 Å². The Bertz CT molecular complexity index is 1410. The monoisotopic (exact) mass is 846 g/mol. The van der Waals surface area contributed by atoms with Gasteiger partial charge in [-0.3, -0.25) is 4.79 Å². The molecule has 1 aliphatic carbocycles. The van der Waals surface area contributed by atoms with Crippen molar-refractivity contribution in [2.45, 2.75) is 185 Å². The third-order valence-corrected chi connectivity index (χ3v) is 9.01. The lowest BCUT2D eigenvalue weighted by atomic mass is 9.80. The first-order valence-corrected chi connectivity index (χ1v) is 19.1. The molecule has 3 aliphatic rings. The summed E-state index contributed by atoms with van der Waals surface area (Å²) < 4.78 is 79.8. The van der Waals surface area contributed by atoms with E-state index >= 15 is 0 Å². The van der Waals surface area contributed by atoms with Crippen LogP contribution in [0.25, 0.3) is 0 Å². The van der Waals surface area contributed by atoms with E-state index in [9.17, 15) is 52.8 Å². The zero-order valence-corrected chi connectivity index (χ0v) is 34.5. The van der Waals surface area contributed by atoms with Gasteiger partial charge in [-0.15, -0.1) is 0 Å². The molecule has 1 saturated carbocycles. The van der Waals surface area contributed by atoms with E-state index < -0.39 is 133 Å². The smallest absolute Gasteiger partial charge is 0.444 e.